The van der Waals surface area contributed by atoms with Crippen molar-refractivity contribution >= 4 is 0 Å². The number of ether oxygens (including phenoxy) is 1. The van der Waals surface area contributed by atoms with Crippen molar-refractivity contribution in [3.05, 3.63) is 35.4 Å². The van der Waals surface area contributed by atoms with Gasteiger partial charge in [-0.1, -0.05) is 45.0 Å². The van der Waals surface area contributed by atoms with Crippen LogP contribution in [0.1, 0.15) is 56.7 Å². The van der Waals surface area contributed by atoms with Crippen LogP contribution in [0.15, 0.2) is 24.3 Å². The molecule has 0 saturated heterocycles. The van der Waals surface area contributed by atoms with Crippen LogP contribution < -0.4 is 5.32 Å². The van der Waals surface area contributed by atoms with Crippen molar-refractivity contribution in [3.63, 3.8) is 0 Å². The molecule has 0 radical (unpaired) electrons. The Morgan fingerprint density at radius 3 is 2.53 bits per heavy atom. The summed E-state index contributed by atoms with van der Waals surface area (Å²) in [4.78, 5) is 0. The van der Waals surface area contributed by atoms with Crippen LogP contribution in [0, 0.1) is 5.92 Å². The van der Waals surface area contributed by atoms with E-state index >= 15 is 0 Å². The molecule has 0 aliphatic heterocycles. The molecule has 2 heteroatoms. The summed E-state index contributed by atoms with van der Waals surface area (Å²) < 4.78 is 5.35. The van der Waals surface area contributed by atoms with Crippen molar-refractivity contribution in [1.82, 2.24) is 5.32 Å². The molecule has 106 valence electrons. The maximum Gasteiger partial charge on any atom is 0.0618 e. The molecular formula is C17H27NO. The summed E-state index contributed by atoms with van der Waals surface area (Å²) in [6, 6.07) is 9.80. The Kier molecular flexibility index (Phi) is 5.00. The van der Waals surface area contributed by atoms with E-state index in [0.717, 1.165) is 6.61 Å². The van der Waals surface area contributed by atoms with Crippen LogP contribution in [0.25, 0.3) is 0 Å². The minimum absolute atomic E-state index is 0.427. The van der Waals surface area contributed by atoms with Crippen molar-refractivity contribution in [3.8, 4) is 0 Å². The first-order valence-corrected chi connectivity index (χ1v) is 7.47. The average Bonchev–Trinajstić information content (AvgIpc) is 2.41. The third kappa shape index (κ3) is 3.37. The highest BCUT2D eigenvalue weighted by Gasteiger charge is 2.26. The van der Waals surface area contributed by atoms with E-state index in [1.807, 2.05) is 0 Å². The fourth-order valence-corrected chi connectivity index (χ4v) is 3.05. The van der Waals surface area contributed by atoms with E-state index in [0.29, 0.717) is 23.9 Å². The lowest BCUT2D eigenvalue weighted by atomic mass is 9.80. The zero-order valence-electron chi connectivity index (χ0n) is 12.6. The van der Waals surface area contributed by atoms with Gasteiger partial charge in [-0.25, -0.2) is 0 Å². The lowest BCUT2D eigenvalue weighted by Gasteiger charge is -2.34. The van der Waals surface area contributed by atoms with Crippen LogP contribution in [0.5, 0.6) is 0 Å². The number of fused-ring (bicyclic) bond motifs is 1. The minimum Gasteiger partial charge on any atom is -0.383 e. The van der Waals surface area contributed by atoms with Gasteiger partial charge in [-0.15, -0.1) is 0 Å². The Bertz CT molecular complexity index is 402. The Hall–Kier alpha value is -0.860. The number of methoxy groups -OCH3 is 1. The smallest absolute Gasteiger partial charge is 0.0618 e. The molecular weight excluding hydrogens is 234 g/mol. The molecule has 2 nitrogen and oxygen atoms in total. The molecule has 19 heavy (non-hydrogen) atoms. The molecule has 1 aromatic carbocycles. The molecule has 0 amide bonds. The summed E-state index contributed by atoms with van der Waals surface area (Å²) in [6.07, 6.45) is 2.50. The van der Waals surface area contributed by atoms with Crippen molar-refractivity contribution < 1.29 is 4.74 Å². The lowest BCUT2D eigenvalue weighted by Crippen LogP contribution is -2.41. The van der Waals surface area contributed by atoms with Crippen LogP contribution in [-0.2, 0) is 4.74 Å². The zero-order chi connectivity index (χ0) is 13.8. The van der Waals surface area contributed by atoms with Gasteiger partial charge in [0, 0.05) is 19.2 Å². The van der Waals surface area contributed by atoms with Crippen LogP contribution in [-0.4, -0.2) is 19.8 Å². The highest BCUT2D eigenvalue weighted by atomic mass is 16.5. The monoisotopic (exact) mass is 261 g/mol. The second-order valence-electron chi connectivity index (χ2n) is 6.13. The first-order valence-electron chi connectivity index (χ1n) is 7.47. The number of hydrogen-bond donors (Lipinski definition) is 1. The molecule has 0 bridgehead atoms. The Morgan fingerprint density at radius 2 is 1.89 bits per heavy atom. The van der Waals surface area contributed by atoms with Gasteiger partial charge < -0.3 is 10.1 Å². The molecule has 1 aliphatic carbocycles. The van der Waals surface area contributed by atoms with Crippen LogP contribution in [0.3, 0.4) is 0 Å². The number of rotatable bonds is 5. The largest absolute Gasteiger partial charge is 0.383 e. The SMILES string of the molecule is COCC(NC1CCC(C)c2ccccc21)C(C)C. The molecule has 0 fully saturated rings. The topological polar surface area (TPSA) is 21.3 Å². The molecule has 0 spiro atoms. The van der Waals surface area contributed by atoms with E-state index in [4.69, 9.17) is 4.74 Å². The summed E-state index contributed by atoms with van der Waals surface area (Å²) >= 11 is 0. The molecule has 1 aromatic rings. The Labute approximate surface area is 117 Å². The van der Waals surface area contributed by atoms with Gasteiger partial charge in [0.1, 0.15) is 0 Å². The van der Waals surface area contributed by atoms with Gasteiger partial charge in [-0.3, -0.25) is 0 Å². The molecule has 1 N–H and O–H groups in total. The first-order chi connectivity index (χ1) is 9.13. The van der Waals surface area contributed by atoms with Crippen molar-refractivity contribution in [2.24, 2.45) is 5.92 Å². The molecule has 0 saturated carbocycles. The van der Waals surface area contributed by atoms with Gasteiger partial charge in [0.05, 0.1) is 6.61 Å². The van der Waals surface area contributed by atoms with Crippen molar-refractivity contribution in [2.45, 2.75) is 51.6 Å². The summed E-state index contributed by atoms with van der Waals surface area (Å²) in [7, 11) is 1.79. The first kappa shape index (κ1) is 14.5. The molecule has 0 aromatic heterocycles. The number of hydrogen-bond acceptors (Lipinski definition) is 2. The highest BCUT2D eigenvalue weighted by molar-refractivity contribution is 5.35. The Morgan fingerprint density at radius 1 is 1.21 bits per heavy atom. The second kappa shape index (κ2) is 6.53. The summed E-state index contributed by atoms with van der Waals surface area (Å²) in [5, 5.41) is 3.81. The molecule has 2 rings (SSSR count). The normalized spacial score (nSPS) is 24.3. The molecule has 0 heterocycles. The lowest BCUT2D eigenvalue weighted by molar-refractivity contribution is 0.138. The third-order valence-electron chi connectivity index (χ3n) is 4.36. The summed E-state index contributed by atoms with van der Waals surface area (Å²) in [5.74, 6) is 1.28. The minimum atomic E-state index is 0.427. The quantitative estimate of drug-likeness (QED) is 0.868. The van der Waals surface area contributed by atoms with Gasteiger partial charge in [0.25, 0.3) is 0 Å². The highest BCUT2D eigenvalue weighted by Crippen LogP contribution is 2.37. The summed E-state index contributed by atoms with van der Waals surface area (Å²) in [5.41, 5.74) is 3.01. The van der Waals surface area contributed by atoms with Crippen LogP contribution >= 0.6 is 0 Å². The molecule has 3 unspecified atom stereocenters. The van der Waals surface area contributed by atoms with E-state index in [2.05, 4.69) is 50.4 Å². The van der Waals surface area contributed by atoms with Gasteiger partial charge >= 0.3 is 0 Å². The average molecular weight is 261 g/mol. The van der Waals surface area contributed by atoms with Gasteiger partial charge in [-0.2, -0.15) is 0 Å². The van der Waals surface area contributed by atoms with E-state index in [1.54, 1.807) is 7.11 Å². The van der Waals surface area contributed by atoms with Crippen LogP contribution in [0.2, 0.25) is 0 Å². The van der Waals surface area contributed by atoms with Crippen LogP contribution in [0.4, 0.5) is 0 Å². The fraction of sp³-hybridized carbons (Fsp3) is 0.647. The molecule has 3 atom stereocenters. The van der Waals surface area contributed by atoms with E-state index in [-0.39, 0.29) is 0 Å². The van der Waals surface area contributed by atoms with E-state index in [9.17, 15) is 0 Å². The fourth-order valence-electron chi connectivity index (χ4n) is 3.05. The number of nitrogens with one attached hydrogen (secondary N) is 1. The maximum atomic E-state index is 5.35. The second-order valence-corrected chi connectivity index (χ2v) is 6.13. The maximum absolute atomic E-state index is 5.35. The predicted molar refractivity (Wildman–Crippen MR) is 80.5 cm³/mol. The zero-order valence-corrected chi connectivity index (χ0v) is 12.6. The van der Waals surface area contributed by atoms with Crippen molar-refractivity contribution in [1.29, 1.82) is 0 Å². The Balaban J connectivity index is 2.15. The predicted octanol–water partition coefficient (Wildman–Crippen LogP) is 3.89. The van der Waals surface area contributed by atoms with Gasteiger partial charge in [0.2, 0.25) is 0 Å². The molecule has 1 aliphatic rings. The van der Waals surface area contributed by atoms with E-state index in [1.165, 1.54) is 24.0 Å². The third-order valence-corrected chi connectivity index (χ3v) is 4.36. The summed E-state index contributed by atoms with van der Waals surface area (Å²) in [6.45, 7) is 7.64. The van der Waals surface area contributed by atoms with E-state index < -0.39 is 0 Å². The van der Waals surface area contributed by atoms with Gasteiger partial charge in [0.15, 0.2) is 0 Å². The van der Waals surface area contributed by atoms with Crippen molar-refractivity contribution in [2.75, 3.05) is 13.7 Å². The standard InChI is InChI=1S/C17H27NO/c1-12(2)17(11-19-4)18-16-10-9-13(3)14-7-5-6-8-15(14)16/h5-8,12-13,16-18H,9-11H2,1-4H3. The van der Waals surface area contributed by atoms with Gasteiger partial charge in [-0.05, 0) is 35.8 Å². The number of benzene rings is 1.